The zero-order chi connectivity index (χ0) is 10.7. The van der Waals surface area contributed by atoms with E-state index in [1.807, 2.05) is 0 Å². The number of carbonyl (C=O) groups is 1. The fourth-order valence-corrected chi connectivity index (χ4v) is 1.29. The van der Waals surface area contributed by atoms with Gasteiger partial charge in [-0.1, -0.05) is 11.6 Å². The van der Waals surface area contributed by atoms with Crippen LogP contribution in [-0.4, -0.2) is 20.2 Å². The topological polar surface area (TPSA) is 35.5 Å². The Kier molecular flexibility index (Phi) is 3.30. The van der Waals surface area contributed by atoms with Crippen molar-refractivity contribution in [1.29, 1.82) is 0 Å². The van der Waals surface area contributed by atoms with Crippen molar-refractivity contribution in [2.24, 2.45) is 0 Å². The third-order valence-electron chi connectivity index (χ3n) is 1.67. The lowest BCUT2D eigenvalue weighted by Crippen LogP contribution is -2.06. The summed E-state index contributed by atoms with van der Waals surface area (Å²) >= 11 is 5.72. The van der Waals surface area contributed by atoms with Gasteiger partial charge in [-0.2, -0.15) is 0 Å². The Morgan fingerprint density at radius 1 is 1.43 bits per heavy atom. The van der Waals surface area contributed by atoms with E-state index in [9.17, 15) is 9.18 Å². The summed E-state index contributed by atoms with van der Waals surface area (Å²) in [5.74, 6) is -1.33. The Balaban J connectivity index is 3.32. The van der Waals surface area contributed by atoms with Gasteiger partial charge in [-0.05, 0) is 12.1 Å². The number of methoxy groups -OCH3 is 2. The summed E-state index contributed by atoms with van der Waals surface area (Å²) in [7, 11) is 2.53. The second-order valence-electron chi connectivity index (χ2n) is 2.43. The van der Waals surface area contributed by atoms with Crippen LogP contribution in [0.3, 0.4) is 0 Å². The van der Waals surface area contributed by atoms with Gasteiger partial charge in [0.2, 0.25) is 0 Å². The van der Waals surface area contributed by atoms with Gasteiger partial charge in [-0.25, -0.2) is 9.18 Å². The Hall–Kier alpha value is -1.29. The lowest BCUT2D eigenvalue weighted by atomic mass is 10.2. The molecule has 0 radical (unpaired) electrons. The maximum absolute atomic E-state index is 13.2. The van der Waals surface area contributed by atoms with Crippen molar-refractivity contribution in [2.45, 2.75) is 0 Å². The van der Waals surface area contributed by atoms with Crippen LogP contribution in [0.2, 0.25) is 5.02 Å². The standard InChI is InChI=1S/C9H8ClFO3/c1-13-6-4-3-5(11)7(8(6)10)9(12)14-2/h3-4H,1-2H3. The number of esters is 1. The molecule has 0 N–H and O–H groups in total. The van der Waals surface area contributed by atoms with E-state index < -0.39 is 11.8 Å². The monoisotopic (exact) mass is 218 g/mol. The van der Waals surface area contributed by atoms with Gasteiger partial charge in [-0.15, -0.1) is 0 Å². The van der Waals surface area contributed by atoms with Crippen LogP contribution in [0.4, 0.5) is 4.39 Å². The molecule has 0 amide bonds. The van der Waals surface area contributed by atoms with Crippen LogP contribution < -0.4 is 4.74 Å². The molecular weight excluding hydrogens is 211 g/mol. The van der Waals surface area contributed by atoms with E-state index in [1.165, 1.54) is 13.2 Å². The maximum Gasteiger partial charge on any atom is 0.342 e. The van der Waals surface area contributed by atoms with Gasteiger partial charge in [0, 0.05) is 0 Å². The Bertz CT molecular complexity index is 365. The largest absolute Gasteiger partial charge is 0.495 e. The SMILES string of the molecule is COC(=O)c1c(F)ccc(OC)c1Cl. The van der Waals surface area contributed by atoms with Crippen molar-refractivity contribution in [3.63, 3.8) is 0 Å². The van der Waals surface area contributed by atoms with Gasteiger partial charge < -0.3 is 9.47 Å². The quantitative estimate of drug-likeness (QED) is 0.715. The molecule has 1 rings (SSSR count). The molecule has 14 heavy (non-hydrogen) atoms. The molecule has 0 heterocycles. The molecule has 0 aliphatic heterocycles. The van der Waals surface area contributed by atoms with Crippen molar-refractivity contribution in [3.05, 3.63) is 28.5 Å². The summed E-state index contributed by atoms with van der Waals surface area (Å²) in [4.78, 5) is 11.1. The second-order valence-corrected chi connectivity index (χ2v) is 2.81. The van der Waals surface area contributed by atoms with E-state index in [1.54, 1.807) is 0 Å². The highest BCUT2D eigenvalue weighted by Gasteiger charge is 2.19. The van der Waals surface area contributed by atoms with Crippen LogP contribution in [0, 0.1) is 5.82 Å². The highest BCUT2D eigenvalue weighted by Crippen LogP contribution is 2.30. The molecule has 0 saturated carbocycles. The average molecular weight is 219 g/mol. The number of benzene rings is 1. The van der Waals surface area contributed by atoms with Gasteiger partial charge in [0.25, 0.3) is 0 Å². The predicted molar refractivity (Wildman–Crippen MR) is 49.3 cm³/mol. The van der Waals surface area contributed by atoms with Crippen LogP contribution in [0.5, 0.6) is 5.75 Å². The maximum atomic E-state index is 13.2. The van der Waals surface area contributed by atoms with Crippen molar-refractivity contribution >= 4 is 17.6 Å². The van der Waals surface area contributed by atoms with E-state index in [-0.39, 0.29) is 16.3 Å². The van der Waals surface area contributed by atoms with Crippen molar-refractivity contribution in [3.8, 4) is 5.75 Å². The van der Waals surface area contributed by atoms with E-state index >= 15 is 0 Å². The van der Waals surface area contributed by atoms with E-state index in [0.717, 1.165) is 13.2 Å². The molecule has 0 aliphatic rings. The first-order chi connectivity index (χ1) is 6.61. The summed E-state index contributed by atoms with van der Waals surface area (Å²) in [6.07, 6.45) is 0. The zero-order valence-corrected chi connectivity index (χ0v) is 8.39. The molecule has 0 fully saturated rings. The minimum absolute atomic E-state index is 0.0839. The number of hydrogen-bond acceptors (Lipinski definition) is 3. The number of hydrogen-bond donors (Lipinski definition) is 0. The highest BCUT2D eigenvalue weighted by atomic mass is 35.5. The molecule has 0 spiro atoms. The van der Waals surface area contributed by atoms with E-state index in [4.69, 9.17) is 16.3 Å². The van der Waals surface area contributed by atoms with Gasteiger partial charge >= 0.3 is 5.97 Å². The van der Waals surface area contributed by atoms with Crippen LogP contribution in [0.25, 0.3) is 0 Å². The summed E-state index contributed by atoms with van der Waals surface area (Å²) < 4.78 is 22.4. The molecule has 76 valence electrons. The summed E-state index contributed by atoms with van der Waals surface area (Å²) in [6.45, 7) is 0. The molecule has 5 heteroatoms. The molecule has 1 aromatic rings. The minimum atomic E-state index is -0.827. The van der Waals surface area contributed by atoms with Gasteiger partial charge in [0.15, 0.2) is 0 Å². The molecule has 3 nitrogen and oxygen atoms in total. The first kappa shape index (κ1) is 10.8. The first-order valence-corrected chi connectivity index (χ1v) is 4.10. The Morgan fingerprint density at radius 3 is 2.57 bits per heavy atom. The van der Waals surface area contributed by atoms with Crippen LogP contribution in [0.1, 0.15) is 10.4 Å². The number of carbonyl (C=O) groups excluding carboxylic acids is 1. The molecule has 0 aromatic heterocycles. The summed E-state index contributed by atoms with van der Waals surface area (Å²) in [6, 6.07) is 2.43. The lowest BCUT2D eigenvalue weighted by Gasteiger charge is -2.07. The number of rotatable bonds is 2. The number of ether oxygens (including phenoxy) is 2. The van der Waals surface area contributed by atoms with Gasteiger partial charge in [0.1, 0.15) is 22.2 Å². The van der Waals surface area contributed by atoms with Crippen molar-refractivity contribution < 1.29 is 18.7 Å². The molecule has 1 aromatic carbocycles. The van der Waals surface area contributed by atoms with E-state index in [0.29, 0.717) is 0 Å². The van der Waals surface area contributed by atoms with Gasteiger partial charge in [-0.3, -0.25) is 0 Å². The van der Waals surface area contributed by atoms with Crippen LogP contribution in [0.15, 0.2) is 12.1 Å². The highest BCUT2D eigenvalue weighted by molar-refractivity contribution is 6.35. The third-order valence-corrected chi connectivity index (χ3v) is 2.04. The molecular formula is C9H8ClFO3. The third kappa shape index (κ3) is 1.80. The predicted octanol–water partition coefficient (Wildman–Crippen LogP) is 2.27. The first-order valence-electron chi connectivity index (χ1n) is 3.72. The molecule has 0 saturated heterocycles. The zero-order valence-electron chi connectivity index (χ0n) is 7.64. The lowest BCUT2D eigenvalue weighted by molar-refractivity contribution is 0.0595. The van der Waals surface area contributed by atoms with Crippen LogP contribution in [-0.2, 0) is 4.74 Å². The Labute approximate surface area is 85.4 Å². The molecule has 0 unspecified atom stereocenters. The second kappa shape index (κ2) is 4.28. The summed E-state index contributed by atoms with van der Waals surface area (Å²) in [5.41, 5.74) is -0.312. The number of halogens is 2. The average Bonchev–Trinajstić information content (AvgIpc) is 2.18. The summed E-state index contributed by atoms with van der Waals surface area (Å²) in [5, 5.41) is -0.0839. The smallest absolute Gasteiger partial charge is 0.342 e. The Morgan fingerprint density at radius 2 is 2.07 bits per heavy atom. The van der Waals surface area contributed by atoms with Crippen molar-refractivity contribution in [2.75, 3.05) is 14.2 Å². The molecule has 0 atom stereocenters. The molecule has 0 aliphatic carbocycles. The fraction of sp³-hybridized carbons (Fsp3) is 0.222. The van der Waals surface area contributed by atoms with Crippen LogP contribution >= 0.6 is 11.6 Å². The van der Waals surface area contributed by atoms with E-state index in [2.05, 4.69) is 4.74 Å². The normalized spacial score (nSPS) is 9.71. The molecule has 0 bridgehead atoms. The minimum Gasteiger partial charge on any atom is -0.495 e. The van der Waals surface area contributed by atoms with Crippen molar-refractivity contribution in [1.82, 2.24) is 0 Å². The van der Waals surface area contributed by atoms with Gasteiger partial charge in [0.05, 0.1) is 14.2 Å². The fourth-order valence-electron chi connectivity index (χ4n) is 0.980.